The van der Waals surface area contributed by atoms with Crippen LogP contribution in [0.25, 0.3) is 0 Å². The van der Waals surface area contributed by atoms with Crippen LogP contribution < -0.4 is 10.9 Å². The van der Waals surface area contributed by atoms with Gasteiger partial charge in [0.15, 0.2) is 0 Å². The molecule has 3 heterocycles. The van der Waals surface area contributed by atoms with E-state index in [1.165, 1.54) is 0 Å². The molecule has 27 heavy (non-hydrogen) atoms. The molecule has 0 unspecified atom stereocenters. The molecule has 0 aromatic carbocycles. The fraction of sp³-hybridized carbons (Fsp3) is 0.579. The van der Waals surface area contributed by atoms with Crippen LogP contribution in [0.2, 0.25) is 0 Å². The number of H-pyrrole nitrogens is 1. The summed E-state index contributed by atoms with van der Waals surface area (Å²) in [5.41, 5.74) is 3.16. The number of amides is 2. The number of nitrogens with one attached hydrogen (secondary N) is 2. The molecule has 2 aromatic heterocycles. The van der Waals surface area contributed by atoms with Gasteiger partial charge in [0.25, 0.3) is 5.56 Å². The summed E-state index contributed by atoms with van der Waals surface area (Å²) in [4.78, 5) is 33.5. The van der Waals surface area contributed by atoms with Crippen molar-refractivity contribution < 1.29 is 4.79 Å². The number of aromatic amines is 1. The van der Waals surface area contributed by atoms with Crippen molar-refractivity contribution in [2.45, 2.75) is 59.4 Å². The van der Waals surface area contributed by atoms with Crippen LogP contribution in [0.1, 0.15) is 61.6 Å². The third kappa shape index (κ3) is 4.04. The Labute approximate surface area is 159 Å². The highest BCUT2D eigenvalue weighted by Crippen LogP contribution is 2.27. The number of hydrogen-bond donors (Lipinski definition) is 2. The molecule has 0 aliphatic carbocycles. The molecule has 2 aromatic rings. The quantitative estimate of drug-likeness (QED) is 0.866. The van der Waals surface area contributed by atoms with Crippen LogP contribution in [0.3, 0.4) is 0 Å². The van der Waals surface area contributed by atoms with Gasteiger partial charge >= 0.3 is 6.03 Å². The molecule has 2 amide bonds. The first-order valence-corrected chi connectivity index (χ1v) is 9.45. The molecule has 1 aliphatic heterocycles. The molecular formula is C19H28N6O2. The number of urea groups is 1. The SMILES string of the molecule is Cc1nc([C@H]2CCCN(C(=O)Nc3c(C)nn(C(C)C)c3C)C2)cc(=O)[nH]1. The van der Waals surface area contributed by atoms with Crippen LogP contribution >= 0.6 is 0 Å². The van der Waals surface area contributed by atoms with Gasteiger partial charge in [-0.3, -0.25) is 9.48 Å². The van der Waals surface area contributed by atoms with Gasteiger partial charge in [0.05, 0.1) is 22.8 Å². The zero-order valence-corrected chi connectivity index (χ0v) is 16.7. The average Bonchev–Trinajstić information content (AvgIpc) is 2.89. The highest BCUT2D eigenvalue weighted by Gasteiger charge is 2.27. The first-order chi connectivity index (χ1) is 12.8. The molecule has 0 saturated carbocycles. The number of aryl methyl sites for hydroxylation is 2. The Morgan fingerprint density at radius 1 is 1.33 bits per heavy atom. The summed E-state index contributed by atoms with van der Waals surface area (Å²) >= 11 is 0. The Balaban J connectivity index is 1.75. The van der Waals surface area contributed by atoms with Crippen molar-refractivity contribution in [3.8, 4) is 0 Å². The number of rotatable bonds is 3. The third-order valence-corrected chi connectivity index (χ3v) is 5.05. The summed E-state index contributed by atoms with van der Waals surface area (Å²) in [6.07, 6.45) is 1.80. The minimum absolute atomic E-state index is 0.0751. The van der Waals surface area contributed by atoms with Gasteiger partial charge in [-0.2, -0.15) is 5.10 Å². The summed E-state index contributed by atoms with van der Waals surface area (Å²) in [5, 5.41) is 7.56. The summed E-state index contributed by atoms with van der Waals surface area (Å²) in [7, 11) is 0. The second kappa shape index (κ2) is 7.54. The number of anilines is 1. The largest absolute Gasteiger partial charge is 0.324 e. The smallest absolute Gasteiger partial charge is 0.321 e. The number of hydrogen-bond acceptors (Lipinski definition) is 4. The molecule has 1 atom stereocenters. The van der Waals surface area contributed by atoms with Crippen LogP contribution in [0.4, 0.5) is 10.5 Å². The van der Waals surface area contributed by atoms with Gasteiger partial charge in [0.1, 0.15) is 5.82 Å². The number of likely N-dealkylation sites (tertiary alicyclic amines) is 1. The van der Waals surface area contributed by atoms with Crippen LogP contribution in [0, 0.1) is 20.8 Å². The van der Waals surface area contributed by atoms with E-state index in [0.29, 0.717) is 18.9 Å². The normalized spacial score (nSPS) is 17.4. The maximum absolute atomic E-state index is 12.9. The molecular weight excluding hydrogens is 344 g/mol. The second-order valence-corrected chi connectivity index (χ2v) is 7.56. The Morgan fingerprint density at radius 3 is 2.70 bits per heavy atom. The lowest BCUT2D eigenvalue weighted by molar-refractivity contribution is 0.192. The lowest BCUT2D eigenvalue weighted by Crippen LogP contribution is -2.42. The highest BCUT2D eigenvalue weighted by atomic mass is 16.2. The van der Waals surface area contributed by atoms with Crippen LogP contribution in [-0.2, 0) is 0 Å². The van der Waals surface area contributed by atoms with Gasteiger partial charge in [0, 0.05) is 31.1 Å². The van der Waals surface area contributed by atoms with E-state index in [9.17, 15) is 9.59 Å². The summed E-state index contributed by atoms with van der Waals surface area (Å²) in [5.74, 6) is 0.678. The van der Waals surface area contributed by atoms with Crippen LogP contribution in [0.5, 0.6) is 0 Å². The summed E-state index contributed by atoms with van der Waals surface area (Å²) in [6.45, 7) is 11.0. The van der Waals surface area contributed by atoms with E-state index in [2.05, 4.69) is 34.2 Å². The van der Waals surface area contributed by atoms with Crippen molar-refractivity contribution in [3.05, 3.63) is 39.3 Å². The van der Waals surface area contributed by atoms with Gasteiger partial charge in [-0.1, -0.05) is 0 Å². The predicted molar refractivity (Wildman–Crippen MR) is 104 cm³/mol. The number of piperidine rings is 1. The van der Waals surface area contributed by atoms with Gasteiger partial charge in [-0.05, 0) is 47.5 Å². The standard InChI is InChI=1S/C19H28N6O2/c1-11(2)25-13(4)18(12(3)23-25)22-19(27)24-8-6-7-15(10-24)16-9-17(26)21-14(5)20-16/h9,11,15H,6-8,10H2,1-5H3,(H,22,27)(H,20,21,26)/t15-/m0/s1. The molecule has 146 valence electrons. The van der Waals surface area contributed by atoms with Crippen molar-refractivity contribution in [1.29, 1.82) is 0 Å². The second-order valence-electron chi connectivity index (χ2n) is 7.56. The highest BCUT2D eigenvalue weighted by molar-refractivity contribution is 5.90. The minimum Gasteiger partial charge on any atom is -0.324 e. The van der Waals surface area contributed by atoms with E-state index in [4.69, 9.17) is 0 Å². The molecule has 2 N–H and O–H groups in total. The zero-order valence-electron chi connectivity index (χ0n) is 16.7. The van der Waals surface area contributed by atoms with Crippen LogP contribution in [0.15, 0.2) is 10.9 Å². The average molecular weight is 372 g/mol. The van der Waals surface area contributed by atoms with Crippen molar-refractivity contribution in [1.82, 2.24) is 24.6 Å². The van der Waals surface area contributed by atoms with E-state index in [1.807, 2.05) is 18.5 Å². The van der Waals surface area contributed by atoms with E-state index in [1.54, 1.807) is 17.9 Å². The fourth-order valence-corrected chi connectivity index (χ4v) is 3.75. The first kappa shape index (κ1) is 19.1. The maximum Gasteiger partial charge on any atom is 0.321 e. The van der Waals surface area contributed by atoms with Crippen LogP contribution in [-0.4, -0.2) is 43.8 Å². The fourth-order valence-electron chi connectivity index (χ4n) is 3.75. The maximum atomic E-state index is 12.9. The Morgan fingerprint density at radius 2 is 2.07 bits per heavy atom. The van der Waals surface area contributed by atoms with E-state index in [-0.39, 0.29) is 23.6 Å². The van der Waals surface area contributed by atoms with Crippen molar-refractivity contribution in [2.75, 3.05) is 18.4 Å². The topological polar surface area (TPSA) is 95.9 Å². The molecule has 3 rings (SSSR count). The number of nitrogens with zero attached hydrogens (tertiary/aromatic N) is 4. The molecule has 1 aliphatic rings. The van der Waals surface area contributed by atoms with E-state index >= 15 is 0 Å². The Hall–Kier alpha value is -2.64. The Bertz CT molecular complexity index is 898. The lowest BCUT2D eigenvalue weighted by atomic mass is 9.94. The Kier molecular flexibility index (Phi) is 5.34. The molecule has 8 nitrogen and oxygen atoms in total. The molecule has 0 bridgehead atoms. The third-order valence-electron chi connectivity index (χ3n) is 5.05. The van der Waals surface area contributed by atoms with Crippen molar-refractivity contribution in [3.63, 3.8) is 0 Å². The minimum atomic E-state index is -0.147. The number of aromatic nitrogens is 4. The first-order valence-electron chi connectivity index (χ1n) is 9.45. The molecule has 1 fully saturated rings. The van der Waals surface area contributed by atoms with Gasteiger partial charge < -0.3 is 15.2 Å². The summed E-state index contributed by atoms with van der Waals surface area (Å²) in [6, 6.07) is 1.65. The molecule has 0 radical (unpaired) electrons. The number of carbonyl (C=O) groups is 1. The van der Waals surface area contributed by atoms with Gasteiger partial charge in [0.2, 0.25) is 0 Å². The molecule has 0 spiro atoms. The van der Waals surface area contributed by atoms with E-state index < -0.39 is 0 Å². The lowest BCUT2D eigenvalue weighted by Gasteiger charge is -2.32. The van der Waals surface area contributed by atoms with Gasteiger partial charge in [-0.25, -0.2) is 9.78 Å². The molecule has 8 heteroatoms. The summed E-state index contributed by atoms with van der Waals surface area (Å²) < 4.78 is 1.92. The predicted octanol–water partition coefficient (Wildman–Crippen LogP) is 2.88. The molecule has 1 saturated heterocycles. The monoisotopic (exact) mass is 372 g/mol. The van der Waals surface area contributed by atoms with Crippen molar-refractivity contribution in [2.24, 2.45) is 0 Å². The zero-order chi connectivity index (χ0) is 19.7. The van der Waals surface area contributed by atoms with Crippen molar-refractivity contribution >= 4 is 11.7 Å². The van der Waals surface area contributed by atoms with Gasteiger partial charge in [-0.15, -0.1) is 0 Å². The van der Waals surface area contributed by atoms with E-state index in [0.717, 1.165) is 35.6 Å². The number of carbonyl (C=O) groups excluding carboxylic acids is 1.